The third-order valence-corrected chi connectivity index (χ3v) is 2.22. The first kappa shape index (κ1) is 13.1. The summed E-state index contributed by atoms with van der Waals surface area (Å²) in [5, 5.41) is 9.85. The number of anilines is 1. The Morgan fingerprint density at radius 2 is 2.47 bits per heavy atom. The molecule has 2 N–H and O–H groups in total. The molecular weight excluding hydrogens is 220 g/mol. The molecule has 1 aromatic heterocycles. The van der Waals surface area contributed by atoms with Gasteiger partial charge in [0.05, 0.1) is 7.11 Å². The number of aryl methyl sites for hydroxylation is 1. The summed E-state index contributed by atoms with van der Waals surface area (Å²) in [6, 6.07) is 1.37. The molecule has 94 valence electrons. The van der Waals surface area contributed by atoms with Crippen LogP contribution in [-0.4, -0.2) is 35.4 Å². The van der Waals surface area contributed by atoms with E-state index in [0.717, 1.165) is 0 Å². The number of carbonyl (C=O) groups excluding carboxylic acids is 1. The molecule has 1 heterocycles. The van der Waals surface area contributed by atoms with Gasteiger partial charge in [0, 0.05) is 19.7 Å². The maximum atomic E-state index is 11.6. The molecule has 1 atom stereocenters. The predicted octanol–water partition coefficient (Wildman–Crippen LogP) is 0.531. The second kappa shape index (κ2) is 5.93. The average molecular weight is 238 g/mol. The molecule has 0 spiro atoms. The van der Waals surface area contributed by atoms with Crippen LogP contribution in [0.25, 0.3) is 0 Å². The zero-order valence-corrected chi connectivity index (χ0v) is 10.4. The molecule has 0 saturated heterocycles. The van der Waals surface area contributed by atoms with Gasteiger partial charge in [0.1, 0.15) is 6.04 Å². The van der Waals surface area contributed by atoms with Gasteiger partial charge < -0.3 is 15.4 Å². The number of nitrogens with zero attached hydrogens (tertiary/aromatic N) is 2. The van der Waals surface area contributed by atoms with Crippen molar-refractivity contribution in [2.24, 2.45) is 7.05 Å². The molecule has 0 fully saturated rings. The van der Waals surface area contributed by atoms with Crippen LogP contribution in [0.15, 0.2) is 18.7 Å². The molecule has 1 unspecified atom stereocenters. The lowest BCUT2D eigenvalue weighted by molar-refractivity contribution is -0.121. The van der Waals surface area contributed by atoms with Gasteiger partial charge in [-0.3, -0.25) is 4.79 Å². The fourth-order valence-electron chi connectivity index (χ4n) is 1.32. The van der Waals surface area contributed by atoms with E-state index in [1.165, 1.54) is 0 Å². The van der Waals surface area contributed by atoms with E-state index in [0.29, 0.717) is 18.2 Å². The Labute approximate surface area is 101 Å². The number of methoxy groups -OCH3 is 1. The van der Waals surface area contributed by atoms with E-state index in [-0.39, 0.29) is 11.9 Å². The minimum atomic E-state index is -0.366. The first-order valence-corrected chi connectivity index (χ1v) is 5.31. The second-order valence-electron chi connectivity index (χ2n) is 3.60. The Hall–Kier alpha value is -1.98. The summed E-state index contributed by atoms with van der Waals surface area (Å²) in [6.07, 6.45) is 1.63. The summed E-state index contributed by atoms with van der Waals surface area (Å²) in [6.45, 7) is 5.75. The Morgan fingerprint density at radius 3 is 3.00 bits per heavy atom. The molecule has 0 radical (unpaired) electrons. The van der Waals surface area contributed by atoms with Gasteiger partial charge in [0.15, 0.2) is 5.82 Å². The Balaban J connectivity index is 2.57. The first-order valence-electron chi connectivity index (χ1n) is 5.31. The molecule has 17 heavy (non-hydrogen) atoms. The number of hydrogen-bond acceptors (Lipinski definition) is 4. The minimum Gasteiger partial charge on any atom is -0.481 e. The normalized spacial score (nSPS) is 11.7. The smallest absolute Gasteiger partial charge is 0.242 e. The van der Waals surface area contributed by atoms with Crippen molar-refractivity contribution < 1.29 is 9.53 Å². The van der Waals surface area contributed by atoms with E-state index in [4.69, 9.17) is 4.74 Å². The molecular formula is C11H18N4O2. The fourth-order valence-corrected chi connectivity index (χ4v) is 1.32. The highest BCUT2D eigenvalue weighted by molar-refractivity contribution is 5.83. The number of hydrogen-bond donors (Lipinski definition) is 2. The van der Waals surface area contributed by atoms with Gasteiger partial charge in [-0.1, -0.05) is 6.08 Å². The number of rotatable bonds is 6. The molecule has 0 aromatic carbocycles. The van der Waals surface area contributed by atoms with Crippen LogP contribution in [0.3, 0.4) is 0 Å². The largest absolute Gasteiger partial charge is 0.481 e. The van der Waals surface area contributed by atoms with Crippen LogP contribution in [0.5, 0.6) is 5.88 Å². The predicted molar refractivity (Wildman–Crippen MR) is 66.1 cm³/mol. The zero-order valence-electron chi connectivity index (χ0n) is 10.4. The van der Waals surface area contributed by atoms with Crippen LogP contribution in [-0.2, 0) is 11.8 Å². The maximum Gasteiger partial charge on any atom is 0.242 e. The summed E-state index contributed by atoms with van der Waals surface area (Å²) < 4.78 is 6.67. The number of amides is 1. The molecule has 1 rings (SSSR count). The van der Waals surface area contributed by atoms with Gasteiger partial charge in [0.2, 0.25) is 11.8 Å². The van der Waals surface area contributed by atoms with Crippen molar-refractivity contribution in [3.05, 3.63) is 18.7 Å². The quantitative estimate of drug-likeness (QED) is 0.709. The van der Waals surface area contributed by atoms with E-state index in [1.54, 1.807) is 37.9 Å². The van der Waals surface area contributed by atoms with Gasteiger partial charge in [-0.25, -0.2) is 4.68 Å². The van der Waals surface area contributed by atoms with Crippen LogP contribution >= 0.6 is 0 Å². The van der Waals surface area contributed by atoms with Crippen molar-refractivity contribution in [3.8, 4) is 5.88 Å². The standard InChI is InChI=1S/C11H18N4O2/c1-5-6-12-11(16)8(2)13-9-7-10(17-4)15(3)14-9/h5,7-8H,1,6H2,2-4H3,(H,12,16)(H,13,14). The lowest BCUT2D eigenvalue weighted by atomic mass is 10.3. The molecule has 0 aliphatic carbocycles. The van der Waals surface area contributed by atoms with Gasteiger partial charge in [-0.2, -0.15) is 5.10 Å². The number of aromatic nitrogens is 2. The van der Waals surface area contributed by atoms with E-state index >= 15 is 0 Å². The van der Waals surface area contributed by atoms with Gasteiger partial charge in [-0.15, -0.1) is 6.58 Å². The van der Waals surface area contributed by atoms with Crippen molar-refractivity contribution >= 4 is 11.7 Å². The van der Waals surface area contributed by atoms with E-state index in [9.17, 15) is 4.79 Å². The van der Waals surface area contributed by atoms with Crippen molar-refractivity contribution in [2.45, 2.75) is 13.0 Å². The number of carbonyl (C=O) groups is 1. The molecule has 0 saturated carbocycles. The summed E-state index contributed by atoms with van der Waals surface area (Å²) in [4.78, 5) is 11.6. The lowest BCUT2D eigenvalue weighted by Gasteiger charge is -2.12. The third-order valence-electron chi connectivity index (χ3n) is 2.22. The zero-order chi connectivity index (χ0) is 12.8. The van der Waals surface area contributed by atoms with E-state index in [1.807, 2.05) is 0 Å². The van der Waals surface area contributed by atoms with Crippen LogP contribution in [0.1, 0.15) is 6.92 Å². The Morgan fingerprint density at radius 1 is 1.76 bits per heavy atom. The fraction of sp³-hybridized carbons (Fsp3) is 0.455. The highest BCUT2D eigenvalue weighted by Gasteiger charge is 2.14. The Kier molecular flexibility index (Phi) is 4.56. The van der Waals surface area contributed by atoms with Gasteiger partial charge in [0.25, 0.3) is 0 Å². The summed E-state index contributed by atoms with van der Waals surface area (Å²) >= 11 is 0. The highest BCUT2D eigenvalue weighted by atomic mass is 16.5. The van der Waals surface area contributed by atoms with E-state index in [2.05, 4.69) is 22.3 Å². The first-order chi connectivity index (χ1) is 8.08. The molecule has 0 aliphatic rings. The van der Waals surface area contributed by atoms with Crippen LogP contribution < -0.4 is 15.4 Å². The molecule has 1 aromatic rings. The molecule has 0 bridgehead atoms. The SMILES string of the molecule is C=CCNC(=O)C(C)Nc1cc(OC)n(C)n1. The van der Waals surface area contributed by atoms with Crippen molar-refractivity contribution in [3.63, 3.8) is 0 Å². The average Bonchev–Trinajstić information content (AvgIpc) is 2.66. The molecule has 6 nitrogen and oxygen atoms in total. The third kappa shape index (κ3) is 3.51. The monoisotopic (exact) mass is 238 g/mol. The van der Waals surface area contributed by atoms with Crippen molar-refractivity contribution in [2.75, 3.05) is 19.0 Å². The maximum absolute atomic E-state index is 11.6. The highest BCUT2D eigenvalue weighted by Crippen LogP contribution is 2.15. The lowest BCUT2D eigenvalue weighted by Crippen LogP contribution is -2.37. The topological polar surface area (TPSA) is 68.2 Å². The Bertz CT molecular complexity index is 400. The number of ether oxygens (including phenoxy) is 1. The van der Waals surface area contributed by atoms with E-state index < -0.39 is 0 Å². The number of nitrogens with one attached hydrogen (secondary N) is 2. The van der Waals surface area contributed by atoms with Crippen molar-refractivity contribution in [1.29, 1.82) is 0 Å². The van der Waals surface area contributed by atoms with Gasteiger partial charge >= 0.3 is 0 Å². The molecule has 1 amide bonds. The summed E-state index contributed by atoms with van der Waals surface area (Å²) in [5.41, 5.74) is 0. The summed E-state index contributed by atoms with van der Waals surface area (Å²) in [5.74, 6) is 1.13. The van der Waals surface area contributed by atoms with Crippen LogP contribution in [0.2, 0.25) is 0 Å². The van der Waals surface area contributed by atoms with Crippen LogP contribution in [0.4, 0.5) is 5.82 Å². The van der Waals surface area contributed by atoms with Gasteiger partial charge in [-0.05, 0) is 6.92 Å². The molecule has 0 aliphatic heterocycles. The molecule has 6 heteroatoms. The van der Waals surface area contributed by atoms with Crippen molar-refractivity contribution in [1.82, 2.24) is 15.1 Å². The minimum absolute atomic E-state index is 0.102. The van der Waals surface area contributed by atoms with Crippen LogP contribution in [0, 0.1) is 0 Å². The summed E-state index contributed by atoms with van der Waals surface area (Å²) in [7, 11) is 3.34. The second-order valence-corrected chi connectivity index (χ2v) is 3.60.